The largest absolute Gasteiger partial charge is 0.367 e. The van der Waals surface area contributed by atoms with Gasteiger partial charge in [0.2, 0.25) is 10.0 Å². The van der Waals surface area contributed by atoms with Crippen LogP contribution in [-0.4, -0.2) is 53.9 Å². The van der Waals surface area contributed by atoms with Crippen molar-refractivity contribution in [1.29, 1.82) is 0 Å². The van der Waals surface area contributed by atoms with Gasteiger partial charge in [-0.3, -0.25) is 4.79 Å². The van der Waals surface area contributed by atoms with E-state index in [0.29, 0.717) is 53.7 Å². The summed E-state index contributed by atoms with van der Waals surface area (Å²) in [5, 5.41) is 4.33. The molecule has 1 saturated heterocycles. The summed E-state index contributed by atoms with van der Waals surface area (Å²) in [6.07, 6.45) is 1.59. The Labute approximate surface area is 197 Å². The predicted molar refractivity (Wildman–Crippen MR) is 128 cm³/mol. The summed E-state index contributed by atoms with van der Waals surface area (Å²) in [6.45, 7) is 4.74. The molecule has 0 unspecified atom stereocenters. The first-order chi connectivity index (χ1) is 15.7. The number of sulfonamides is 1. The smallest absolute Gasteiger partial charge is 0.281 e. The van der Waals surface area contributed by atoms with Crippen molar-refractivity contribution < 1.29 is 12.8 Å². The number of rotatable bonds is 5. The van der Waals surface area contributed by atoms with Crippen molar-refractivity contribution in [3.8, 4) is 16.8 Å². The Morgan fingerprint density at radius 3 is 2.30 bits per heavy atom. The fraction of sp³-hybridized carbons (Fsp3) is 0.304. The van der Waals surface area contributed by atoms with Gasteiger partial charge in [0.1, 0.15) is 5.82 Å². The first-order valence-electron chi connectivity index (χ1n) is 10.6. The molecule has 0 spiro atoms. The highest BCUT2D eigenvalue weighted by atomic mass is 35.5. The Morgan fingerprint density at radius 1 is 1.03 bits per heavy atom. The Morgan fingerprint density at radius 2 is 1.70 bits per heavy atom. The quantitative estimate of drug-likeness (QED) is 0.546. The Kier molecular flexibility index (Phi) is 6.56. The topological polar surface area (TPSA) is 75.5 Å². The summed E-state index contributed by atoms with van der Waals surface area (Å²) in [5.41, 5.74) is 1.62. The third-order valence-corrected chi connectivity index (χ3v) is 8.19. The van der Waals surface area contributed by atoms with Crippen molar-refractivity contribution in [3.05, 3.63) is 75.9 Å². The molecule has 0 saturated carbocycles. The van der Waals surface area contributed by atoms with Crippen molar-refractivity contribution in [3.63, 3.8) is 0 Å². The molecule has 0 aliphatic carbocycles. The van der Waals surface area contributed by atoms with Gasteiger partial charge in [-0.05, 0) is 49.7 Å². The van der Waals surface area contributed by atoms with Gasteiger partial charge >= 0.3 is 0 Å². The van der Waals surface area contributed by atoms with E-state index < -0.39 is 21.1 Å². The van der Waals surface area contributed by atoms with Crippen molar-refractivity contribution in [1.82, 2.24) is 14.1 Å². The van der Waals surface area contributed by atoms with Crippen LogP contribution in [0.3, 0.4) is 0 Å². The molecule has 0 atom stereocenters. The molecule has 0 radical (unpaired) electrons. The van der Waals surface area contributed by atoms with Crippen molar-refractivity contribution >= 4 is 27.3 Å². The van der Waals surface area contributed by atoms with Gasteiger partial charge in [0.05, 0.1) is 28.4 Å². The van der Waals surface area contributed by atoms with E-state index in [2.05, 4.69) is 5.10 Å². The molecule has 2 aromatic carbocycles. The highest BCUT2D eigenvalue weighted by Gasteiger charge is 2.31. The van der Waals surface area contributed by atoms with Crippen LogP contribution in [0.1, 0.15) is 13.8 Å². The number of benzene rings is 2. The number of aromatic nitrogens is 2. The molecular formula is C23H24ClFN4O3S. The van der Waals surface area contributed by atoms with Crippen LogP contribution < -0.4 is 10.5 Å². The summed E-state index contributed by atoms with van der Waals surface area (Å²) in [6, 6.07) is 12.5. The molecule has 0 amide bonds. The van der Waals surface area contributed by atoms with Crippen LogP contribution in [0.5, 0.6) is 0 Å². The lowest BCUT2D eigenvalue weighted by Crippen LogP contribution is -2.50. The van der Waals surface area contributed by atoms with Crippen LogP contribution in [0.15, 0.2) is 59.5 Å². The molecule has 174 valence electrons. The monoisotopic (exact) mass is 490 g/mol. The maximum absolute atomic E-state index is 13.6. The first kappa shape index (κ1) is 23.4. The zero-order valence-electron chi connectivity index (χ0n) is 18.3. The summed E-state index contributed by atoms with van der Waals surface area (Å²) in [5.74, 6) is -0.406. The van der Waals surface area contributed by atoms with E-state index in [4.69, 9.17) is 11.6 Å². The second-order valence-electron chi connectivity index (χ2n) is 8.09. The van der Waals surface area contributed by atoms with Crippen LogP contribution in [-0.2, 0) is 10.0 Å². The number of nitrogens with zero attached hydrogens (tertiary/aromatic N) is 4. The SMILES string of the molecule is CC(C)S(=O)(=O)N1CCN(c2cnn(-c3cccc(Cl)c3)c(=O)c2-c2ccc(F)cc2)CC1. The molecule has 0 N–H and O–H groups in total. The zero-order chi connectivity index (χ0) is 23.8. The second kappa shape index (κ2) is 9.24. The van der Waals surface area contributed by atoms with Gasteiger partial charge < -0.3 is 4.90 Å². The number of hydrogen-bond acceptors (Lipinski definition) is 5. The summed E-state index contributed by atoms with van der Waals surface area (Å²) < 4.78 is 41.4. The van der Waals surface area contributed by atoms with Gasteiger partial charge in [-0.2, -0.15) is 14.1 Å². The fourth-order valence-corrected chi connectivity index (χ4v) is 5.30. The van der Waals surface area contributed by atoms with E-state index in [1.807, 2.05) is 4.90 Å². The lowest BCUT2D eigenvalue weighted by Gasteiger charge is -2.36. The third kappa shape index (κ3) is 4.66. The van der Waals surface area contributed by atoms with Gasteiger partial charge in [0.25, 0.3) is 5.56 Å². The zero-order valence-corrected chi connectivity index (χ0v) is 19.9. The molecule has 4 rings (SSSR count). The summed E-state index contributed by atoms with van der Waals surface area (Å²) in [7, 11) is -3.36. The summed E-state index contributed by atoms with van der Waals surface area (Å²) in [4.78, 5) is 15.5. The average Bonchev–Trinajstić information content (AvgIpc) is 2.79. The maximum Gasteiger partial charge on any atom is 0.281 e. The molecule has 1 aliphatic heterocycles. The van der Waals surface area contributed by atoms with Crippen LogP contribution in [0.4, 0.5) is 10.1 Å². The van der Waals surface area contributed by atoms with E-state index >= 15 is 0 Å². The third-order valence-electron chi connectivity index (χ3n) is 5.68. The van der Waals surface area contributed by atoms with E-state index in [1.54, 1.807) is 56.4 Å². The second-order valence-corrected chi connectivity index (χ2v) is 11.0. The van der Waals surface area contributed by atoms with Crippen LogP contribution in [0.25, 0.3) is 16.8 Å². The molecule has 33 heavy (non-hydrogen) atoms. The van der Waals surface area contributed by atoms with Crippen molar-refractivity contribution in [2.45, 2.75) is 19.1 Å². The molecule has 1 aromatic heterocycles. The molecule has 0 bridgehead atoms. The number of anilines is 1. The lowest BCUT2D eigenvalue weighted by molar-refractivity contribution is 0.381. The van der Waals surface area contributed by atoms with E-state index in [-0.39, 0.29) is 5.56 Å². The predicted octanol–water partition coefficient (Wildman–Crippen LogP) is 3.55. The van der Waals surface area contributed by atoms with Gasteiger partial charge in [-0.25, -0.2) is 12.8 Å². The molecule has 1 fully saturated rings. The molecular weight excluding hydrogens is 467 g/mol. The Hall–Kier alpha value is -2.75. The van der Waals surface area contributed by atoms with E-state index in [0.717, 1.165) is 0 Å². The molecule has 10 heteroatoms. The number of halogens is 2. The molecule has 1 aliphatic rings. The maximum atomic E-state index is 13.6. The minimum atomic E-state index is -3.36. The van der Waals surface area contributed by atoms with Crippen LogP contribution in [0.2, 0.25) is 5.02 Å². The fourth-order valence-electron chi connectivity index (χ4n) is 3.85. The molecule has 3 aromatic rings. The molecule has 7 nitrogen and oxygen atoms in total. The Balaban J connectivity index is 1.77. The highest BCUT2D eigenvalue weighted by molar-refractivity contribution is 7.89. The van der Waals surface area contributed by atoms with Crippen LogP contribution >= 0.6 is 11.6 Å². The standard InChI is InChI=1S/C23H24ClFN4O3S/c1-16(2)33(31,32)28-12-10-27(11-13-28)21-15-26-29(20-5-3-4-18(24)14-20)23(30)22(21)17-6-8-19(25)9-7-17/h3-9,14-16H,10-13H2,1-2H3. The minimum Gasteiger partial charge on any atom is -0.367 e. The van der Waals surface area contributed by atoms with Gasteiger partial charge in [-0.1, -0.05) is 29.8 Å². The lowest BCUT2D eigenvalue weighted by atomic mass is 10.0. The minimum absolute atomic E-state index is 0.306. The molecule has 2 heterocycles. The number of piperazine rings is 1. The van der Waals surface area contributed by atoms with Crippen molar-refractivity contribution in [2.75, 3.05) is 31.1 Å². The average molecular weight is 491 g/mol. The van der Waals surface area contributed by atoms with Gasteiger partial charge in [-0.15, -0.1) is 0 Å². The van der Waals surface area contributed by atoms with Crippen LogP contribution in [0, 0.1) is 5.82 Å². The Bertz CT molecular complexity index is 1320. The van der Waals surface area contributed by atoms with Crippen molar-refractivity contribution in [2.24, 2.45) is 0 Å². The highest BCUT2D eigenvalue weighted by Crippen LogP contribution is 2.29. The van der Waals surface area contributed by atoms with Gasteiger partial charge in [0.15, 0.2) is 0 Å². The van der Waals surface area contributed by atoms with E-state index in [1.165, 1.54) is 21.1 Å². The first-order valence-corrected chi connectivity index (χ1v) is 12.4. The normalized spacial score (nSPS) is 15.2. The number of hydrogen-bond donors (Lipinski definition) is 0. The van der Waals surface area contributed by atoms with Gasteiger partial charge in [0, 0.05) is 31.2 Å². The van der Waals surface area contributed by atoms with E-state index in [9.17, 15) is 17.6 Å². The summed E-state index contributed by atoms with van der Waals surface area (Å²) >= 11 is 6.10.